The van der Waals surface area contributed by atoms with Crippen molar-refractivity contribution in [1.29, 1.82) is 0 Å². The second-order valence-corrected chi connectivity index (χ2v) is 6.34. The Labute approximate surface area is 165 Å². The topological polar surface area (TPSA) is 43.2 Å². The summed E-state index contributed by atoms with van der Waals surface area (Å²) in [4.78, 5) is 6.78. The summed E-state index contributed by atoms with van der Waals surface area (Å²) in [6.07, 6.45) is 0. The summed E-state index contributed by atoms with van der Waals surface area (Å²) in [6.45, 7) is 0.516. The molecule has 0 radical (unpaired) electrons. The van der Waals surface area contributed by atoms with Gasteiger partial charge in [-0.05, 0) is 50.0 Å². The first-order valence-electron chi connectivity index (χ1n) is 8.50. The van der Waals surface area contributed by atoms with Crippen molar-refractivity contribution in [2.24, 2.45) is 0 Å². The first-order chi connectivity index (χ1) is 12.6. The first-order valence-corrected chi connectivity index (χ1v) is 8.50. The summed E-state index contributed by atoms with van der Waals surface area (Å²) < 4.78 is 19.8. The molecule has 0 aliphatic rings. The van der Waals surface area contributed by atoms with Gasteiger partial charge >= 0.3 is 0 Å². The molecule has 1 aromatic heterocycles. The van der Waals surface area contributed by atoms with Gasteiger partial charge in [-0.2, -0.15) is 5.10 Å². The number of aryl methyl sites for hydroxylation is 1. The second kappa shape index (κ2) is 9.48. The van der Waals surface area contributed by atoms with E-state index in [9.17, 15) is 4.39 Å². The van der Waals surface area contributed by atoms with Crippen molar-refractivity contribution < 1.29 is 9.13 Å². The average Bonchev–Trinajstić information content (AvgIpc) is 3.06. The SMILES string of the molecule is COc1ccc(-c2nc(-c3cccc(CN(C)C)c3)n(CCF)n2)cc1.Cl. The molecule has 0 aliphatic carbocycles. The predicted octanol–water partition coefficient (Wildman–Crippen LogP) is 4.07. The summed E-state index contributed by atoms with van der Waals surface area (Å²) in [5.74, 6) is 2.02. The maximum Gasteiger partial charge on any atom is 0.181 e. The molecule has 7 heteroatoms. The van der Waals surface area contributed by atoms with E-state index in [2.05, 4.69) is 27.1 Å². The fourth-order valence-corrected chi connectivity index (χ4v) is 2.83. The Bertz CT molecular complexity index is 865. The Hall–Kier alpha value is -2.44. The predicted molar refractivity (Wildman–Crippen MR) is 108 cm³/mol. The van der Waals surface area contributed by atoms with E-state index in [0.717, 1.165) is 23.4 Å². The van der Waals surface area contributed by atoms with Gasteiger partial charge in [0, 0.05) is 17.7 Å². The van der Waals surface area contributed by atoms with E-state index in [0.29, 0.717) is 11.6 Å². The van der Waals surface area contributed by atoms with Crippen molar-refractivity contribution in [3.63, 3.8) is 0 Å². The highest BCUT2D eigenvalue weighted by Crippen LogP contribution is 2.25. The minimum atomic E-state index is -0.490. The van der Waals surface area contributed by atoms with E-state index in [4.69, 9.17) is 4.74 Å². The van der Waals surface area contributed by atoms with E-state index < -0.39 is 6.67 Å². The number of benzene rings is 2. The van der Waals surface area contributed by atoms with Gasteiger partial charge in [0.1, 0.15) is 12.4 Å². The largest absolute Gasteiger partial charge is 0.497 e. The second-order valence-electron chi connectivity index (χ2n) is 6.34. The smallest absolute Gasteiger partial charge is 0.181 e. The van der Waals surface area contributed by atoms with Crippen LogP contribution in [-0.4, -0.2) is 47.5 Å². The minimum absolute atomic E-state index is 0. The molecule has 3 rings (SSSR count). The van der Waals surface area contributed by atoms with E-state index >= 15 is 0 Å². The highest BCUT2D eigenvalue weighted by atomic mass is 35.5. The summed E-state index contributed by atoms with van der Waals surface area (Å²) in [6, 6.07) is 15.7. The van der Waals surface area contributed by atoms with Gasteiger partial charge in [0.25, 0.3) is 0 Å². The lowest BCUT2D eigenvalue weighted by molar-refractivity contribution is 0.402. The molecule has 0 amide bonds. The van der Waals surface area contributed by atoms with Gasteiger partial charge in [0.15, 0.2) is 11.6 Å². The van der Waals surface area contributed by atoms with Crippen LogP contribution in [0.5, 0.6) is 5.75 Å². The number of rotatable bonds is 7. The van der Waals surface area contributed by atoms with Crippen molar-refractivity contribution in [3.8, 4) is 28.5 Å². The number of ether oxygens (including phenoxy) is 1. The van der Waals surface area contributed by atoms with Crippen LogP contribution in [0.4, 0.5) is 4.39 Å². The van der Waals surface area contributed by atoms with Crippen LogP contribution >= 0.6 is 12.4 Å². The molecule has 0 fully saturated rings. The quantitative estimate of drug-likeness (QED) is 0.609. The number of nitrogens with zero attached hydrogens (tertiary/aromatic N) is 4. The molecular formula is C20H24ClFN4O. The van der Waals surface area contributed by atoms with Gasteiger partial charge in [-0.1, -0.05) is 18.2 Å². The molecule has 0 spiro atoms. The van der Waals surface area contributed by atoms with Crippen LogP contribution in [0, 0.1) is 0 Å². The molecule has 0 bridgehead atoms. The van der Waals surface area contributed by atoms with Crippen LogP contribution < -0.4 is 4.74 Å². The maximum absolute atomic E-state index is 13.0. The van der Waals surface area contributed by atoms with Gasteiger partial charge in [0.05, 0.1) is 13.7 Å². The van der Waals surface area contributed by atoms with Crippen molar-refractivity contribution in [2.75, 3.05) is 27.9 Å². The standard InChI is InChI=1S/C20H23FN4O.ClH/c1-24(2)14-15-5-4-6-17(13-15)20-22-19(23-25(20)12-11-21)16-7-9-18(26-3)10-8-16;/h4-10,13H,11-12,14H2,1-3H3;1H. The molecule has 0 unspecified atom stereocenters. The number of aromatic nitrogens is 3. The lowest BCUT2D eigenvalue weighted by atomic mass is 10.1. The van der Waals surface area contributed by atoms with Crippen LogP contribution in [-0.2, 0) is 13.1 Å². The zero-order chi connectivity index (χ0) is 18.5. The van der Waals surface area contributed by atoms with E-state index in [-0.39, 0.29) is 19.0 Å². The summed E-state index contributed by atoms with van der Waals surface area (Å²) >= 11 is 0. The Morgan fingerprint density at radius 1 is 1.07 bits per heavy atom. The van der Waals surface area contributed by atoms with Gasteiger partial charge < -0.3 is 9.64 Å². The monoisotopic (exact) mass is 390 g/mol. The first kappa shape index (κ1) is 20.9. The number of hydrogen-bond donors (Lipinski definition) is 0. The molecule has 0 saturated heterocycles. The molecular weight excluding hydrogens is 367 g/mol. The van der Waals surface area contributed by atoms with Gasteiger partial charge in [0.2, 0.25) is 0 Å². The van der Waals surface area contributed by atoms with Crippen molar-refractivity contribution >= 4 is 12.4 Å². The fraction of sp³-hybridized carbons (Fsp3) is 0.300. The van der Waals surface area contributed by atoms with Crippen LogP contribution in [0.2, 0.25) is 0 Å². The Morgan fingerprint density at radius 3 is 2.44 bits per heavy atom. The van der Waals surface area contributed by atoms with Crippen molar-refractivity contribution in [2.45, 2.75) is 13.1 Å². The molecule has 2 aromatic carbocycles. The van der Waals surface area contributed by atoms with Gasteiger partial charge in [-0.25, -0.2) is 14.1 Å². The zero-order valence-electron chi connectivity index (χ0n) is 15.7. The fourth-order valence-electron chi connectivity index (χ4n) is 2.83. The van der Waals surface area contributed by atoms with Crippen LogP contribution in [0.3, 0.4) is 0 Å². The van der Waals surface area contributed by atoms with Crippen molar-refractivity contribution in [1.82, 2.24) is 19.7 Å². The number of hydrogen-bond acceptors (Lipinski definition) is 4. The third-order valence-corrected chi connectivity index (χ3v) is 4.00. The third-order valence-electron chi connectivity index (χ3n) is 4.00. The Kier molecular flexibility index (Phi) is 7.33. The molecule has 27 heavy (non-hydrogen) atoms. The average molecular weight is 391 g/mol. The normalized spacial score (nSPS) is 10.7. The molecule has 144 valence electrons. The molecule has 5 nitrogen and oxygen atoms in total. The van der Waals surface area contributed by atoms with Gasteiger partial charge in [-0.3, -0.25) is 0 Å². The highest BCUT2D eigenvalue weighted by Gasteiger charge is 2.14. The van der Waals surface area contributed by atoms with Crippen LogP contribution in [0.1, 0.15) is 5.56 Å². The molecule has 1 heterocycles. The third kappa shape index (κ3) is 5.05. The highest BCUT2D eigenvalue weighted by molar-refractivity contribution is 5.85. The van der Waals surface area contributed by atoms with Crippen molar-refractivity contribution in [3.05, 3.63) is 54.1 Å². The van der Waals surface area contributed by atoms with Crippen LogP contribution in [0.25, 0.3) is 22.8 Å². The van der Waals surface area contributed by atoms with E-state index in [1.807, 2.05) is 50.5 Å². The molecule has 3 aromatic rings. The minimum Gasteiger partial charge on any atom is -0.497 e. The molecule has 0 N–H and O–H groups in total. The number of methoxy groups -OCH3 is 1. The molecule has 0 atom stereocenters. The van der Waals surface area contributed by atoms with E-state index in [1.165, 1.54) is 5.56 Å². The van der Waals surface area contributed by atoms with Crippen LogP contribution in [0.15, 0.2) is 48.5 Å². The van der Waals surface area contributed by atoms with E-state index in [1.54, 1.807) is 11.8 Å². The summed E-state index contributed by atoms with van der Waals surface area (Å²) in [5, 5.41) is 4.51. The number of halogens is 2. The van der Waals surface area contributed by atoms with Gasteiger partial charge in [-0.15, -0.1) is 12.4 Å². The Morgan fingerprint density at radius 2 is 1.81 bits per heavy atom. The lowest BCUT2D eigenvalue weighted by Crippen LogP contribution is -2.10. The Balaban J connectivity index is 0.00000261. The maximum atomic E-state index is 13.0. The summed E-state index contributed by atoms with van der Waals surface area (Å²) in [5.41, 5.74) is 2.98. The zero-order valence-corrected chi connectivity index (χ0v) is 16.5. The molecule has 0 aliphatic heterocycles. The number of alkyl halides is 1. The summed E-state index contributed by atoms with van der Waals surface area (Å²) in [7, 11) is 5.68. The lowest BCUT2D eigenvalue weighted by Gasteiger charge is -2.11. The molecule has 0 saturated carbocycles.